The molecule has 8 heteroatoms. The van der Waals surface area contributed by atoms with Crippen molar-refractivity contribution in [3.63, 3.8) is 0 Å². The maximum Gasteiger partial charge on any atom is 0.261 e. The van der Waals surface area contributed by atoms with Crippen LogP contribution in [0.3, 0.4) is 0 Å². The van der Waals surface area contributed by atoms with Gasteiger partial charge in [-0.1, -0.05) is 13.8 Å². The quantitative estimate of drug-likeness (QED) is 0.642. The van der Waals surface area contributed by atoms with Crippen molar-refractivity contribution in [2.75, 3.05) is 11.3 Å². The molecule has 0 saturated carbocycles. The highest BCUT2D eigenvalue weighted by Crippen LogP contribution is 2.18. The number of rotatable bonds is 8. The summed E-state index contributed by atoms with van der Waals surface area (Å²) in [7, 11) is -3.84. The minimum atomic E-state index is -3.84. The first kappa shape index (κ1) is 20.9. The Kier molecular flexibility index (Phi) is 6.56. The fraction of sp³-hybridized carbons (Fsp3) is 0.316. The zero-order chi connectivity index (χ0) is 20.1. The van der Waals surface area contributed by atoms with Gasteiger partial charge in [-0.15, -0.1) is 0 Å². The molecule has 0 unspecified atom stereocenters. The van der Waals surface area contributed by atoms with Crippen molar-refractivity contribution >= 4 is 21.6 Å². The summed E-state index contributed by atoms with van der Waals surface area (Å²) in [6.07, 6.45) is 1.42. The number of halogens is 1. The molecule has 0 radical (unpaired) electrons. The number of nitrogens with two attached hydrogens (primary N) is 1. The summed E-state index contributed by atoms with van der Waals surface area (Å²) >= 11 is 0. The van der Waals surface area contributed by atoms with Crippen LogP contribution in [-0.4, -0.2) is 26.4 Å². The topological polar surface area (TPSA) is 101 Å². The summed E-state index contributed by atoms with van der Waals surface area (Å²) in [5, 5.41) is 2.96. The van der Waals surface area contributed by atoms with Crippen LogP contribution in [0.15, 0.2) is 53.4 Å². The predicted octanol–water partition coefficient (Wildman–Crippen LogP) is 2.87. The lowest BCUT2D eigenvalue weighted by atomic mass is 9.92. The Balaban J connectivity index is 2.13. The molecule has 0 aliphatic heterocycles. The lowest BCUT2D eigenvalue weighted by Gasteiger charge is -2.31. The molecule has 6 nitrogen and oxygen atoms in total. The fourth-order valence-electron chi connectivity index (χ4n) is 2.60. The molecule has 4 N–H and O–H groups in total. The Morgan fingerprint density at radius 3 is 2.07 bits per heavy atom. The summed E-state index contributed by atoms with van der Waals surface area (Å²) < 4.78 is 40.0. The van der Waals surface area contributed by atoms with Crippen molar-refractivity contribution in [3.8, 4) is 0 Å². The van der Waals surface area contributed by atoms with Gasteiger partial charge in [-0.05, 0) is 61.4 Å². The number of amides is 1. The first-order valence-corrected chi connectivity index (χ1v) is 10.1. The molecule has 2 rings (SSSR count). The van der Waals surface area contributed by atoms with E-state index in [0.29, 0.717) is 30.6 Å². The smallest absolute Gasteiger partial charge is 0.261 e. The Morgan fingerprint density at radius 2 is 1.59 bits per heavy atom. The monoisotopic (exact) mass is 393 g/mol. The molecule has 0 aliphatic rings. The highest BCUT2D eigenvalue weighted by atomic mass is 32.2. The van der Waals surface area contributed by atoms with E-state index in [4.69, 9.17) is 5.73 Å². The van der Waals surface area contributed by atoms with Crippen LogP contribution in [0.5, 0.6) is 0 Å². The Bertz CT molecular complexity index is 869. The van der Waals surface area contributed by atoms with E-state index in [0.717, 1.165) is 12.1 Å². The van der Waals surface area contributed by atoms with Gasteiger partial charge in [0.05, 0.1) is 10.4 Å². The van der Waals surface area contributed by atoms with E-state index in [1.165, 1.54) is 36.4 Å². The van der Waals surface area contributed by atoms with Crippen LogP contribution >= 0.6 is 0 Å². The summed E-state index contributed by atoms with van der Waals surface area (Å²) in [6.45, 7) is 4.26. The van der Waals surface area contributed by atoms with Crippen LogP contribution in [-0.2, 0) is 10.0 Å². The molecule has 0 spiro atoms. The summed E-state index contributed by atoms with van der Waals surface area (Å²) in [4.78, 5) is 12.4. The van der Waals surface area contributed by atoms with E-state index < -0.39 is 21.4 Å². The average Bonchev–Trinajstić information content (AvgIpc) is 2.66. The third-order valence-corrected chi connectivity index (χ3v) is 6.04. The Morgan fingerprint density at radius 1 is 1.04 bits per heavy atom. The first-order chi connectivity index (χ1) is 12.7. The van der Waals surface area contributed by atoms with E-state index in [1.807, 2.05) is 13.8 Å². The van der Waals surface area contributed by atoms with Crippen LogP contribution in [0.25, 0.3) is 0 Å². The van der Waals surface area contributed by atoms with Crippen molar-refractivity contribution in [1.29, 1.82) is 0 Å². The van der Waals surface area contributed by atoms with Gasteiger partial charge in [0.15, 0.2) is 0 Å². The third kappa shape index (κ3) is 5.05. The van der Waals surface area contributed by atoms with Crippen LogP contribution in [0, 0.1) is 5.82 Å². The average molecular weight is 393 g/mol. The molecule has 0 aromatic heterocycles. The minimum absolute atomic E-state index is 0.0515. The van der Waals surface area contributed by atoms with Gasteiger partial charge in [-0.25, -0.2) is 12.8 Å². The number of sulfonamides is 1. The van der Waals surface area contributed by atoms with Crippen LogP contribution in [0.1, 0.15) is 37.0 Å². The molecule has 1 amide bonds. The normalized spacial score (nSPS) is 11.9. The van der Waals surface area contributed by atoms with Crippen molar-refractivity contribution in [2.45, 2.75) is 37.1 Å². The molecule has 0 atom stereocenters. The largest absolute Gasteiger partial charge is 0.345 e. The standard InChI is InChI=1S/C19H24FN3O3S/c1-3-19(4-2,13-21)22-18(24)14-5-9-16(10-6-14)23-27(25,26)17-11-7-15(20)8-12-17/h5-12,23H,3-4,13,21H2,1-2H3,(H,22,24). The molecule has 0 bridgehead atoms. The van der Waals surface area contributed by atoms with Gasteiger partial charge in [0, 0.05) is 17.8 Å². The summed E-state index contributed by atoms with van der Waals surface area (Å²) in [5.41, 5.74) is 6.04. The van der Waals surface area contributed by atoms with Gasteiger partial charge in [0.25, 0.3) is 15.9 Å². The minimum Gasteiger partial charge on any atom is -0.345 e. The van der Waals surface area contributed by atoms with Crippen molar-refractivity contribution in [2.24, 2.45) is 5.73 Å². The highest BCUT2D eigenvalue weighted by Gasteiger charge is 2.26. The van der Waals surface area contributed by atoms with Gasteiger partial charge in [0.1, 0.15) is 5.82 Å². The Labute approximate surface area is 159 Å². The van der Waals surface area contributed by atoms with Gasteiger partial charge in [-0.2, -0.15) is 0 Å². The van der Waals surface area contributed by atoms with E-state index in [9.17, 15) is 17.6 Å². The lowest BCUT2D eigenvalue weighted by molar-refractivity contribution is 0.0895. The van der Waals surface area contributed by atoms with Crippen LogP contribution < -0.4 is 15.8 Å². The van der Waals surface area contributed by atoms with E-state index in [2.05, 4.69) is 10.0 Å². The number of anilines is 1. The number of carbonyl (C=O) groups is 1. The summed E-state index contributed by atoms with van der Waals surface area (Å²) in [6, 6.07) is 10.6. The SMILES string of the molecule is CCC(CC)(CN)NC(=O)c1ccc(NS(=O)(=O)c2ccc(F)cc2)cc1. The van der Waals surface area contributed by atoms with Crippen molar-refractivity contribution in [1.82, 2.24) is 5.32 Å². The fourth-order valence-corrected chi connectivity index (χ4v) is 3.66. The summed E-state index contributed by atoms with van der Waals surface area (Å²) in [5.74, 6) is -0.783. The second-order valence-electron chi connectivity index (χ2n) is 6.28. The number of nitrogens with one attached hydrogen (secondary N) is 2. The third-order valence-electron chi connectivity index (χ3n) is 4.65. The zero-order valence-corrected chi connectivity index (χ0v) is 16.1. The maximum atomic E-state index is 13.0. The first-order valence-electron chi connectivity index (χ1n) is 8.66. The molecular weight excluding hydrogens is 369 g/mol. The molecule has 0 heterocycles. The molecule has 0 saturated heterocycles. The van der Waals surface area contributed by atoms with E-state index >= 15 is 0 Å². The number of carbonyl (C=O) groups excluding carboxylic acids is 1. The molecule has 2 aromatic rings. The van der Waals surface area contributed by atoms with Crippen molar-refractivity contribution < 1.29 is 17.6 Å². The molecule has 27 heavy (non-hydrogen) atoms. The second kappa shape index (κ2) is 8.49. The Hall–Kier alpha value is -2.45. The zero-order valence-electron chi connectivity index (χ0n) is 15.3. The molecule has 2 aromatic carbocycles. The molecule has 0 aliphatic carbocycles. The highest BCUT2D eigenvalue weighted by molar-refractivity contribution is 7.92. The van der Waals surface area contributed by atoms with Gasteiger partial charge in [0.2, 0.25) is 0 Å². The predicted molar refractivity (Wildman–Crippen MR) is 103 cm³/mol. The molecule has 0 fully saturated rings. The molecular formula is C19H24FN3O3S. The van der Waals surface area contributed by atoms with Crippen LogP contribution in [0.4, 0.5) is 10.1 Å². The van der Waals surface area contributed by atoms with Gasteiger partial charge in [-0.3, -0.25) is 9.52 Å². The van der Waals surface area contributed by atoms with Gasteiger partial charge < -0.3 is 11.1 Å². The van der Waals surface area contributed by atoms with Gasteiger partial charge >= 0.3 is 0 Å². The number of hydrogen-bond donors (Lipinski definition) is 3. The maximum absolute atomic E-state index is 13.0. The van der Waals surface area contributed by atoms with Crippen molar-refractivity contribution in [3.05, 3.63) is 59.9 Å². The number of benzene rings is 2. The van der Waals surface area contributed by atoms with E-state index in [1.54, 1.807) is 0 Å². The second-order valence-corrected chi connectivity index (χ2v) is 7.96. The number of hydrogen-bond acceptors (Lipinski definition) is 4. The van der Waals surface area contributed by atoms with Crippen LogP contribution in [0.2, 0.25) is 0 Å². The molecule has 146 valence electrons. The lowest BCUT2D eigenvalue weighted by Crippen LogP contribution is -2.52. The van der Waals surface area contributed by atoms with E-state index in [-0.39, 0.29) is 10.8 Å².